The average Bonchev–Trinajstić information content (AvgIpc) is 3.31. The Balaban J connectivity index is 1.33. The third-order valence-corrected chi connectivity index (χ3v) is 4.48. The molecule has 130 valence electrons. The van der Waals surface area contributed by atoms with Gasteiger partial charge in [0.15, 0.2) is 0 Å². The number of hydrogen-bond donors (Lipinski definition) is 0. The molecule has 4 rings (SSSR count). The second-order valence-electron chi connectivity index (χ2n) is 6.33. The molecule has 0 amide bonds. The standard InChI is InChI=1S/C19H22N4O2/c1-2-8-20-16(4-1)15-24-11-7-18-13-22(14-19-5-3-10-25-19)12-17-6-9-21-23(17)18/h1-6,8-10,18H,7,11-15H2. The van der Waals surface area contributed by atoms with E-state index in [0.29, 0.717) is 19.3 Å². The number of aromatic nitrogens is 3. The monoisotopic (exact) mass is 338 g/mol. The molecule has 0 fully saturated rings. The molecule has 6 heteroatoms. The van der Waals surface area contributed by atoms with Gasteiger partial charge in [-0.25, -0.2) is 0 Å². The van der Waals surface area contributed by atoms with Gasteiger partial charge in [0.2, 0.25) is 0 Å². The van der Waals surface area contributed by atoms with Crippen LogP contribution in [-0.4, -0.2) is 32.8 Å². The molecule has 1 unspecified atom stereocenters. The number of fused-ring (bicyclic) bond motifs is 1. The van der Waals surface area contributed by atoms with Crippen LogP contribution in [0.4, 0.5) is 0 Å². The lowest BCUT2D eigenvalue weighted by Gasteiger charge is -2.33. The largest absolute Gasteiger partial charge is 0.468 e. The predicted octanol–water partition coefficient (Wildman–Crippen LogP) is 3.03. The number of pyridine rings is 1. The van der Waals surface area contributed by atoms with Crippen molar-refractivity contribution in [2.75, 3.05) is 13.2 Å². The van der Waals surface area contributed by atoms with Crippen LogP contribution in [-0.2, 0) is 24.4 Å². The van der Waals surface area contributed by atoms with Gasteiger partial charge >= 0.3 is 0 Å². The van der Waals surface area contributed by atoms with Gasteiger partial charge in [0.1, 0.15) is 5.76 Å². The highest BCUT2D eigenvalue weighted by Gasteiger charge is 2.25. The van der Waals surface area contributed by atoms with E-state index in [4.69, 9.17) is 9.15 Å². The van der Waals surface area contributed by atoms with E-state index in [9.17, 15) is 0 Å². The van der Waals surface area contributed by atoms with E-state index >= 15 is 0 Å². The summed E-state index contributed by atoms with van der Waals surface area (Å²) in [5.74, 6) is 0.998. The topological polar surface area (TPSA) is 56.3 Å². The van der Waals surface area contributed by atoms with Gasteiger partial charge < -0.3 is 9.15 Å². The van der Waals surface area contributed by atoms with Crippen LogP contribution in [0, 0.1) is 0 Å². The summed E-state index contributed by atoms with van der Waals surface area (Å²) in [6.45, 7) is 3.91. The number of ether oxygens (including phenoxy) is 1. The Hall–Kier alpha value is -2.44. The van der Waals surface area contributed by atoms with Crippen LogP contribution in [0.3, 0.4) is 0 Å². The second-order valence-corrected chi connectivity index (χ2v) is 6.33. The molecule has 4 heterocycles. The average molecular weight is 338 g/mol. The van der Waals surface area contributed by atoms with Gasteiger partial charge in [0.05, 0.1) is 36.8 Å². The van der Waals surface area contributed by atoms with Crippen molar-refractivity contribution in [2.45, 2.75) is 32.2 Å². The van der Waals surface area contributed by atoms with Crippen molar-refractivity contribution in [1.82, 2.24) is 19.7 Å². The fraction of sp³-hybridized carbons (Fsp3) is 0.368. The summed E-state index contributed by atoms with van der Waals surface area (Å²) < 4.78 is 13.4. The van der Waals surface area contributed by atoms with E-state index in [1.807, 2.05) is 36.5 Å². The maximum absolute atomic E-state index is 5.81. The Morgan fingerprint density at radius 3 is 3.00 bits per heavy atom. The van der Waals surface area contributed by atoms with Gasteiger partial charge in [-0.05, 0) is 36.8 Å². The van der Waals surface area contributed by atoms with Gasteiger partial charge in [0, 0.05) is 32.1 Å². The Bertz CT molecular complexity index is 770. The molecule has 0 aromatic carbocycles. The van der Waals surface area contributed by atoms with Crippen molar-refractivity contribution in [3.8, 4) is 0 Å². The highest BCUT2D eigenvalue weighted by molar-refractivity contribution is 5.07. The van der Waals surface area contributed by atoms with E-state index in [0.717, 1.165) is 37.5 Å². The summed E-state index contributed by atoms with van der Waals surface area (Å²) in [7, 11) is 0. The Morgan fingerprint density at radius 2 is 2.16 bits per heavy atom. The molecule has 0 N–H and O–H groups in total. The zero-order valence-electron chi connectivity index (χ0n) is 14.1. The number of nitrogens with zero attached hydrogens (tertiary/aromatic N) is 4. The summed E-state index contributed by atoms with van der Waals surface area (Å²) in [5.41, 5.74) is 2.21. The van der Waals surface area contributed by atoms with E-state index in [2.05, 4.69) is 25.7 Å². The van der Waals surface area contributed by atoms with Crippen LogP contribution < -0.4 is 0 Å². The van der Waals surface area contributed by atoms with Crippen molar-refractivity contribution in [2.24, 2.45) is 0 Å². The van der Waals surface area contributed by atoms with E-state index in [-0.39, 0.29) is 0 Å². The Labute approximate surface area is 147 Å². The lowest BCUT2D eigenvalue weighted by molar-refractivity contribution is 0.0841. The normalized spacial score (nSPS) is 17.5. The van der Waals surface area contributed by atoms with E-state index < -0.39 is 0 Å². The lowest BCUT2D eigenvalue weighted by Crippen LogP contribution is -2.37. The molecule has 0 spiro atoms. The summed E-state index contributed by atoms with van der Waals surface area (Å²) in [6.07, 6.45) is 6.33. The minimum Gasteiger partial charge on any atom is -0.468 e. The number of furan rings is 1. The molecule has 0 bridgehead atoms. The number of rotatable bonds is 7. The highest BCUT2D eigenvalue weighted by atomic mass is 16.5. The molecular weight excluding hydrogens is 316 g/mol. The van der Waals surface area contributed by atoms with Gasteiger partial charge in [0.25, 0.3) is 0 Å². The summed E-state index contributed by atoms with van der Waals surface area (Å²) in [4.78, 5) is 6.69. The highest BCUT2D eigenvalue weighted by Crippen LogP contribution is 2.24. The molecule has 1 aliphatic rings. The smallest absolute Gasteiger partial charge is 0.117 e. The zero-order chi connectivity index (χ0) is 16.9. The molecule has 25 heavy (non-hydrogen) atoms. The van der Waals surface area contributed by atoms with Crippen molar-refractivity contribution >= 4 is 0 Å². The molecule has 1 aliphatic heterocycles. The molecule has 1 atom stereocenters. The van der Waals surface area contributed by atoms with Gasteiger partial charge in [-0.2, -0.15) is 5.10 Å². The van der Waals surface area contributed by atoms with Crippen molar-refractivity contribution < 1.29 is 9.15 Å². The van der Waals surface area contributed by atoms with Crippen LogP contribution in [0.5, 0.6) is 0 Å². The zero-order valence-corrected chi connectivity index (χ0v) is 14.1. The van der Waals surface area contributed by atoms with E-state index in [1.165, 1.54) is 5.69 Å². The van der Waals surface area contributed by atoms with Crippen LogP contribution in [0.15, 0.2) is 59.5 Å². The first-order valence-electron chi connectivity index (χ1n) is 8.63. The summed E-state index contributed by atoms with van der Waals surface area (Å²) in [5, 5.41) is 4.51. The molecule has 0 aliphatic carbocycles. The quantitative estimate of drug-likeness (QED) is 0.620. The number of hydrogen-bond acceptors (Lipinski definition) is 5. The maximum atomic E-state index is 5.81. The summed E-state index contributed by atoms with van der Waals surface area (Å²) in [6, 6.07) is 12.3. The first-order chi connectivity index (χ1) is 12.4. The maximum Gasteiger partial charge on any atom is 0.117 e. The third kappa shape index (κ3) is 3.97. The van der Waals surface area contributed by atoms with E-state index in [1.54, 1.807) is 12.5 Å². The first-order valence-corrected chi connectivity index (χ1v) is 8.63. The van der Waals surface area contributed by atoms with Crippen molar-refractivity contribution in [3.63, 3.8) is 0 Å². The van der Waals surface area contributed by atoms with Gasteiger partial charge in [-0.1, -0.05) is 6.07 Å². The lowest BCUT2D eigenvalue weighted by atomic mass is 10.1. The second kappa shape index (κ2) is 7.63. The minimum absolute atomic E-state index is 0.317. The SMILES string of the molecule is c1ccc(COCCC2CN(Cc3ccco3)Cc3ccnn32)nc1. The molecule has 0 saturated heterocycles. The Kier molecular flexibility index (Phi) is 4.90. The van der Waals surface area contributed by atoms with Crippen molar-refractivity contribution in [1.29, 1.82) is 0 Å². The van der Waals surface area contributed by atoms with Crippen LogP contribution in [0.2, 0.25) is 0 Å². The molecule has 3 aromatic heterocycles. The minimum atomic E-state index is 0.317. The van der Waals surface area contributed by atoms with Gasteiger partial charge in [-0.15, -0.1) is 0 Å². The van der Waals surface area contributed by atoms with Crippen LogP contribution in [0.1, 0.15) is 29.6 Å². The predicted molar refractivity (Wildman–Crippen MR) is 92.6 cm³/mol. The van der Waals surface area contributed by atoms with Crippen LogP contribution in [0.25, 0.3) is 0 Å². The molecule has 0 saturated carbocycles. The summed E-state index contributed by atoms with van der Waals surface area (Å²) >= 11 is 0. The van der Waals surface area contributed by atoms with Crippen molar-refractivity contribution in [3.05, 3.63) is 72.2 Å². The van der Waals surface area contributed by atoms with Gasteiger partial charge in [-0.3, -0.25) is 14.6 Å². The third-order valence-electron chi connectivity index (χ3n) is 4.48. The fourth-order valence-corrected chi connectivity index (χ4v) is 3.30. The first kappa shape index (κ1) is 16.1. The molecule has 3 aromatic rings. The van der Waals surface area contributed by atoms with Crippen LogP contribution >= 0.6 is 0 Å². The molecule has 0 radical (unpaired) electrons. The molecule has 6 nitrogen and oxygen atoms in total. The Morgan fingerprint density at radius 1 is 1.16 bits per heavy atom. The molecular formula is C19H22N4O2. The fourth-order valence-electron chi connectivity index (χ4n) is 3.30.